The lowest BCUT2D eigenvalue weighted by Crippen LogP contribution is -2.35. The minimum atomic E-state index is -0.722. The van der Waals surface area contributed by atoms with Gasteiger partial charge in [-0.25, -0.2) is 4.79 Å². The van der Waals surface area contributed by atoms with Gasteiger partial charge in [-0.15, -0.1) is 0 Å². The van der Waals surface area contributed by atoms with E-state index < -0.39 is 6.10 Å². The van der Waals surface area contributed by atoms with Crippen molar-refractivity contribution in [1.82, 2.24) is 20.5 Å². The predicted molar refractivity (Wildman–Crippen MR) is 153 cm³/mol. The number of aliphatic hydroxyl groups is 1. The Morgan fingerprint density at radius 3 is 2.44 bits per heavy atom. The molecular weight excluding hydrogens is 522 g/mol. The molecule has 0 bridgehead atoms. The molecule has 11 heteroatoms. The van der Waals surface area contributed by atoms with Gasteiger partial charge in [0.1, 0.15) is 30.0 Å². The lowest BCUT2D eigenvalue weighted by Gasteiger charge is -2.22. The number of pyridine rings is 1. The van der Waals surface area contributed by atoms with Crippen molar-refractivity contribution in [3.63, 3.8) is 0 Å². The number of aromatic nitrogens is 1. The summed E-state index contributed by atoms with van der Waals surface area (Å²) in [7, 11) is 0. The summed E-state index contributed by atoms with van der Waals surface area (Å²) in [5.74, 6) is 0.902. The number of hydrogen-bond donors (Lipinski definition) is 4. The van der Waals surface area contributed by atoms with Crippen LogP contribution in [0.2, 0.25) is 5.02 Å². The first-order valence-corrected chi connectivity index (χ1v) is 13.4. The van der Waals surface area contributed by atoms with E-state index in [1.54, 1.807) is 42.6 Å². The molecule has 2 aromatic carbocycles. The second kappa shape index (κ2) is 14.5. The number of carbonyl (C=O) groups is 2. The quantitative estimate of drug-likeness (QED) is 0.241. The highest BCUT2D eigenvalue weighted by molar-refractivity contribution is 6.33. The number of anilines is 1. The van der Waals surface area contributed by atoms with E-state index in [1.807, 2.05) is 27.7 Å². The molecule has 0 aliphatic heterocycles. The number of aliphatic hydroxyl groups excluding tert-OH is 1. The van der Waals surface area contributed by atoms with Gasteiger partial charge in [0, 0.05) is 43.4 Å². The maximum Gasteiger partial charge on any atom is 0.319 e. The zero-order valence-corrected chi connectivity index (χ0v) is 23.5. The van der Waals surface area contributed by atoms with Gasteiger partial charge in [0.15, 0.2) is 0 Å². The van der Waals surface area contributed by atoms with E-state index in [-0.39, 0.29) is 18.5 Å². The topological polar surface area (TPSA) is 125 Å². The number of rotatable bonds is 13. The van der Waals surface area contributed by atoms with Crippen molar-refractivity contribution in [3.05, 3.63) is 53.2 Å². The molecule has 3 aromatic rings. The maximum absolute atomic E-state index is 12.9. The predicted octanol–water partition coefficient (Wildman–Crippen LogP) is 4.65. The Morgan fingerprint density at radius 2 is 1.77 bits per heavy atom. The smallest absolute Gasteiger partial charge is 0.319 e. The number of hydrogen-bond acceptors (Lipinski definition) is 7. The van der Waals surface area contributed by atoms with Crippen LogP contribution in [-0.4, -0.2) is 72.4 Å². The number of amides is 3. The van der Waals surface area contributed by atoms with Crippen molar-refractivity contribution in [2.75, 3.05) is 44.6 Å². The monoisotopic (exact) mass is 557 g/mol. The summed E-state index contributed by atoms with van der Waals surface area (Å²) in [4.78, 5) is 31.3. The standard InChI is InChI=1S/C28H36ClN5O5/c1-5-30-27(36)21-14-20-24(15-26(21)38-17-18(35)16-34(7-3)8-4)32-12-11-25(20)39-19-9-10-23(22(29)13-19)33-28(37)31-6-2/h9-15,18,35H,5-8,16-17H2,1-4H3,(H,30,36)(H2,31,33,37)/t18-/m0/s1. The Balaban J connectivity index is 1.89. The molecule has 210 valence electrons. The molecule has 0 aliphatic carbocycles. The average Bonchev–Trinajstić information content (AvgIpc) is 2.92. The summed E-state index contributed by atoms with van der Waals surface area (Å²) in [5.41, 5.74) is 1.30. The third-order valence-corrected chi connectivity index (χ3v) is 6.25. The van der Waals surface area contributed by atoms with Gasteiger partial charge in [0.05, 0.1) is 21.8 Å². The summed E-state index contributed by atoms with van der Waals surface area (Å²) >= 11 is 6.36. The fourth-order valence-electron chi connectivity index (χ4n) is 3.92. The molecule has 1 aromatic heterocycles. The Morgan fingerprint density at radius 1 is 1.03 bits per heavy atom. The number of nitrogens with zero attached hydrogens (tertiary/aromatic N) is 2. The van der Waals surface area contributed by atoms with Crippen LogP contribution in [0, 0.1) is 0 Å². The Labute approximate surface area is 233 Å². The largest absolute Gasteiger partial charge is 0.490 e. The summed E-state index contributed by atoms with van der Waals surface area (Å²) in [6.45, 7) is 10.8. The first-order valence-electron chi connectivity index (χ1n) is 13.1. The lowest BCUT2D eigenvalue weighted by molar-refractivity contribution is 0.0706. The molecule has 3 rings (SSSR count). The summed E-state index contributed by atoms with van der Waals surface area (Å²) in [5, 5.41) is 19.5. The molecule has 1 atom stereocenters. The number of benzene rings is 2. The fraction of sp³-hybridized carbons (Fsp3) is 0.393. The minimum Gasteiger partial charge on any atom is -0.490 e. The molecule has 3 amide bonds. The number of urea groups is 1. The first kappa shape index (κ1) is 29.9. The highest BCUT2D eigenvalue weighted by Gasteiger charge is 2.19. The number of halogens is 1. The molecule has 10 nitrogen and oxygen atoms in total. The molecule has 0 saturated heterocycles. The van der Waals surface area contributed by atoms with Crippen molar-refractivity contribution in [2.45, 2.75) is 33.8 Å². The number of fused-ring (bicyclic) bond motifs is 1. The molecule has 0 spiro atoms. The zero-order valence-electron chi connectivity index (χ0n) is 22.7. The lowest BCUT2D eigenvalue weighted by atomic mass is 10.1. The van der Waals surface area contributed by atoms with Gasteiger partial charge < -0.3 is 35.4 Å². The minimum absolute atomic E-state index is 0.0275. The summed E-state index contributed by atoms with van der Waals surface area (Å²) in [6, 6.07) is 9.59. The molecule has 0 aliphatic rings. The molecule has 4 N–H and O–H groups in total. The number of nitrogens with one attached hydrogen (secondary N) is 3. The SMILES string of the molecule is CCNC(=O)Nc1ccc(Oc2ccnc3cc(OC[C@@H](O)CN(CC)CC)c(C(=O)NCC)cc23)cc1Cl. The molecule has 39 heavy (non-hydrogen) atoms. The van der Waals surface area contributed by atoms with E-state index in [0.717, 1.165) is 13.1 Å². The van der Waals surface area contributed by atoms with E-state index in [4.69, 9.17) is 21.1 Å². The third-order valence-electron chi connectivity index (χ3n) is 5.93. The second-order valence-corrected chi connectivity index (χ2v) is 9.12. The Bertz CT molecular complexity index is 1280. The molecule has 0 saturated carbocycles. The van der Waals surface area contributed by atoms with Gasteiger partial charge in [-0.3, -0.25) is 9.78 Å². The normalized spacial score (nSPS) is 11.8. The van der Waals surface area contributed by atoms with Crippen molar-refractivity contribution in [3.8, 4) is 17.2 Å². The summed E-state index contributed by atoms with van der Waals surface area (Å²) in [6.07, 6.45) is 0.871. The highest BCUT2D eigenvalue weighted by Crippen LogP contribution is 2.35. The van der Waals surface area contributed by atoms with Crippen LogP contribution >= 0.6 is 11.6 Å². The van der Waals surface area contributed by atoms with E-state index >= 15 is 0 Å². The van der Waals surface area contributed by atoms with Crippen molar-refractivity contribution in [2.24, 2.45) is 0 Å². The molecular formula is C28H36ClN5O5. The van der Waals surface area contributed by atoms with Gasteiger partial charge >= 0.3 is 6.03 Å². The van der Waals surface area contributed by atoms with Gasteiger partial charge in [-0.05, 0) is 51.2 Å². The van der Waals surface area contributed by atoms with E-state index in [2.05, 4.69) is 25.8 Å². The van der Waals surface area contributed by atoms with Crippen molar-refractivity contribution >= 4 is 40.1 Å². The molecule has 0 fully saturated rings. The Kier molecular flexibility index (Phi) is 11.2. The molecule has 1 heterocycles. The van der Waals surface area contributed by atoms with Gasteiger partial charge in [-0.1, -0.05) is 25.4 Å². The van der Waals surface area contributed by atoms with Gasteiger partial charge in [0.2, 0.25) is 0 Å². The van der Waals surface area contributed by atoms with Crippen LogP contribution in [0.5, 0.6) is 17.2 Å². The van der Waals surface area contributed by atoms with Crippen LogP contribution in [0.3, 0.4) is 0 Å². The first-order chi connectivity index (χ1) is 18.8. The number of likely N-dealkylation sites (N-methyl/N-ethyl adjacent to an activating group) is 1. The van der Waals surface area contributed by atoms with E-state index in [1.165, 1.54) is 0 Å². The maximum atomic E-state index is 12.9. The average molecular weight is 558 g/mol. The van der Waals surface area contributed by atoms with Crippen LogP contribution in [0.25, 0.3) is 10.9 Å². The second-order valence-electron chi connectivity index (χ2n) is 8.71. The van der Waals surface area contributed by atoms with Crippen LogP contribution in [0.1, 0.15) is 38.1 Å². The Hall–Kier alpha value is -3.60. The third kappa shape index (κ3) is 8.19. The van der Waals surface area contributed by atoms with Crippen molar-refractivity contribution < 1.29 is 24.2 Å². The van der Waals surface area contributed by atoms with Crippen molar-refractivity contribution in [1.29, 1.82) is 0 Å². The van der Waals surface area contributed by atoms with E-state index in [0.29, 0.717) is 64.1 Å². The molecule has 0 radical (unpaired) electrons. The summed E-state index contributed by atoms with van der Waals surface area (Å²) < 4.78 is 12.0. The molecule has 0 unspecified atom stereocenters. The van der Waals surface area contributed by atoms with Gasteiger partial charge in [-0.2, -0.15) is 0 Å². The number of ether oxygens (including phenoxy) is 2. The van der Waals surface area contributed by atoms with Crippen LogP contribution in [-0.2, 0) is 0 Å². The zero-order chi connectivity index (χ0) is 28.4. The highest BCUT2D eigenvalue weighted by atomic mass is 35.5. The van der Waals surface area contributed by atoms with Crippen LogP contribution in [0.15, 0.2) is 42.6 Å². The van der Waals surface area contributed by atoms with Crippen LogP contribution < -0.4 is 25.4 Å². The van der Waals surface area contributed by atoms with Crippen LogP contribution in [0.4, 0.5) is 10.5 Å². The van der Waals surface area contributed by atoms with Gasteiger partial charge in [0.25, 0.3) is 5.91 Å². The fourth-order valence-corrected chi connectivity index (χ4v) is 4.14. The number of carbonyl (C=O) groups excluding carboxylic acids is 2. The van der Waals surface area contributed by atoms with E-state index in [9.17, 15) is 14.7 Å².